The number of nitrogens with one attached hydrogen (secondary N) is 1. The van der Waals surface area contributed by atoms with Gasteiger partial charge in [0.25, 0.3) is 0 Å². The molecule has 2 aromatic carbocycles. The second kappa shape index (κ2) is 9.13. The van der Waals surface area contributed by atoms with Gasteiger partial charge in [0.1, 0.15) is 11.5 Å². The minimum Gasteiger partial charge on any atom is -0.395 e. The van der Waals surface area contributed by atoms with Gasteiger partial charge in [0.05, 0.1) is 22.5 Å². The monoisotopic (exact) mass is 483 g/mol. The summed E-state index contributed by atoms with van der Waals surface area (Å²) in [5, 5.41) is 0. The highest BCUT2D eigenvalue weighted by atomic mass is 32.2. The van der Waals surface area contributed by atoms with Gasteiger partial charge in [-0.2, -0.15) is 13.2 Å². The number of hydrogen-bond acceptors (Lipinski definition) is 5. The standard InChI is InChI=1S/C21H17F4N3O2S2/c1-32(29,30)28-14-6-4-5-13(11-14)18-9-10-19(31-18)17(12-20(26)21(23,24)25)27-16-8-3-2-7-15(16)22/h2-12,28H,26H2,1H3. The Bertz CT molecular complexity index is 1300. The lowest BCUT2D eigenvalue weighted by molar-refractivity contribution is -0.0925. The summed E-state index contributed by atoms with van der Waals surface area (Å²) >= 11 is 1.10. The molecular formula is C21H17F4N3O2S2. The molecule has 0 amide bonds. The van der Waals surface area contributed by atoms with E-state index in [1.165, 1.54) is 24.3 Å². The summed E-state index contributed by atoms with van der Waals surface area (Å²) < 4.78 is 78.4. The molecule has 3 rings (SSSR count). The van der Waals surface area contributed by atoms with E-state index in [0.717, 1.165) is 23.7 Å². The molecule has 0 saturated carbocycles. The number of nitrogens with zero attached hydrogens (tertiary/aromatic N) is 1. The number of aliphatic imine (C=N–C) groups is 1. The Kier molecular flexibility index (Phi) is 6.70. The molecule has 3 aromatic rings. The number of halogens is 4. The molecule has 0 spiro atoms. The maximum atomic E-state index is 14.1. The fourth-order valence-corrected chi connectivity index (χ4v) is 4.16. The van der Waals surface area contributed by atoms with Crippen molar-refractivity contribution >= 4 is 38.4 Å². The molecule has 0 aliphatic heterocycles. The Morgan fingerprint density at radius 2 is 1.81 bits per heavy atom. The highest BCUT2D eigenvalue weighted by Crippen LogP contribution is 2.32. The van der Waals surface area contributed by atoms with E-state index >= 15 is 0 Å². The number of sulfonamides is 1. The van der Waals surface area contributed by atoms with Crippen LogP contribution >= 0.6 is 11.3 Å². The van der Waals surface area contributed by atoms with E-state index in [0.29, 0.717) is 27.1 Å². The largest absolute Gasteiger partial charge is 0.430 e. The van der Waals surface area contributed by atoms with Crippen molar-refractivity contribution in [1.29, 1.82) is 0 Å². The van der Waals surface area contributed by atoms with Crippen LogP contribution in [0.3, 0.4) is 0 Å². The Morgan fingerprint density at radius 1 is 1.09 bits per heavy atom. The highest BCUT2D eigenvalue weighted by molar-refractivity contribution is 7.92. The van der Waals surface area contributed by atoms with Crippen molar-refractivity contribution in [2.75, 3.05) is 11.0 Å². The molecule has 0 aliphatic carbocycles. The summed E-state index contributed by atoms with van der Waals surface area (Å²) in [6.07, 6.45) is -3.10. The van der Waals surface area contributed by atoms with Gasteiger partial charge in [0.2, 0.25) is 10.0 Å². The van der Waals surface area contributed by atoms with E-state index in [-0.39, 0.29) is 11.4 Å². The van der Waals surface area contributed by atoms with Gasteiger partial charge < -0.3 is 5.73 Å². The van der Waals surface area contributed by atoms with Gasteiger partial charge in [-0.05, 0) is 48.0 Å². The van der Waals surface area contributed by atoms with E-state index in [1.54, 1.807) is 30.3 Å². The van der Waals surface area contributed by atoms with Gasteiger partial charge in [-0.1, -0.05) is 24.3 Å². The van der Waals surface area contributed by atoms with Gasteiger partial charge in [0, 0.05) is 10.6 Å². The fraction of sp³-hybridized carbons (Fsp3) is 0.0952. The van der Waals surface area contributed by atoms with Crippen molar-refractivity contribution in [3.8, 4) is 10.4 Å². The number of rotatable bonds is 6. The molecule has 11 heteroatoms. The minimum atomic E-state index is -4.78. The zero-order valence-corrected chi connectivity index (χ0v) is 18.2. The lowest BCUT2D eigenvalue weighted by Gasteiger charge is -2.08. The van der Waals surface area contributed by atoms with Crippen LogP contribution in [0.1, 0.15) is 4.88 Å². The molecule has 0 fully saturated rings. The van der Waals surface area contributed by atoms with Crippen LogP contribution in [0.4, 0.5) is 28.9 Å². The van der Waals surface area contributed by atoms with Crippen LogP contribution in [0.15, 0.2) is 77.4 Å². The second-order valence-corrected chi connectivity index (χ2v) is 9.50. The Balaban J connectivity index is 2.05. The number of allylic oxidation sites excluding steroid dienone is 2. The Hall–Kier alpha value is -3.18. The number of anilines is 1. The predicted molar refractivity (Wildman–Crippen MR) is 119 cm³/mol. The summed E-state index contributed by atoms with van der Waals surface area (Å²) in [6, 6.07) is 15.1. The normalized spacial score (nSPS) is 13.3. The van der Waals surface area contributed by atoms with Crippen LogP contribution in [-0.4, -0.2) is 26.6 Å². The summed E-state index contributed by atoms with van der Waals surface area (Å²) in [7, 11) is -3.48. The first kappa shape index (κ1) is 23.5. The second-order valence-electron chi connectivity index (χ2n) is 6.66. The van der Waals surface area contributed by atoms with E-state index in [9.17, 15) is 26.0 Å². The lowest BCUT2D eigenvalue weighted by Crippen LogP contribution is -2.20. The molecule has 0 atom stereocenters. The quantitative estimate of drug-likeness (QED) is 0.361. The zero-order valence-electron chi connectivity index (χ0n) is 16.5. The van der Waals surface area contributed by atoms with Crippen LogP contribution in [0.5, 0.6) is 0 Å². The molecule has 168 valence electrons. The molecule has 0 saturated heterocycles. The van der Waals surface area contributed by atoms with Crippen molar-refractivity contribution in [3.05, 3.63) is 83.1 Å². The number of alkyl halides is 3. The smallest absolute Gasteiger partial charge is 0.395 e. The number of thiophene rings is 1. The maximum absolute atomic E-state index is 14.1. The SMILES string of the molecule is CS(=O)(=O)Nc1cccc(-c2ccc(C(C=C(N)C(F)(F)F)=Nc3ccccc3F)s2)c1. The van der Waals surface area contributed by atoms with Crippen molar-refractivity contribution in [2.24, 2.45) is 10.7 Å². The molecule has 0 aliphatic rings. The average molecular weight is 484 g/mol. The molecule has 1 aromatic heterocycles. The van der Waals surface area contributed by atoms with Crippen molar-refractivity contribution in [1.82, 2.24) is 0 Å². The van der Waals surface area contributed by atoms with Crippen LogP contribution in [0.25, 0.3) is 10.4 Å². The topological polar surface area (TPSA) is 84.5 Å². The van der Waals surface area contributed by atoms with E-state index in [1.807, 2.05) is 0 Å². The third-order valence-electron chi connectivity index (χ3n) is 4.02. The minimum absolute atomic E-state index is 0.136. The molecule has 0 bridgehead atoms. The first-order valence-electron chi connectivity index (χ1n) is 8.98. The number of nitrogens with two attached hydrogens (primary N) is 1. The Labute approximate surface area is 186 Å². The molecule has 32 heavy (non-hydrogen) atoms. The van der Waals surface area contributed by atoms with Crippen LogP contribution < -0.4 is 10.5 Å². The van der Waals surface area contributed by atoms with Gasteiger partial charge in [-0.25, -0.2) is 17.8 Å². The molecule has 0 radical (unpaired) electrons. The number of hydrogen-bond donors (Lipinski definition) is 2. The zero-order chi connectivity index (χ0) is 23.5. The van der Waals surface area contributed by atoms with Crippen molar-refractivity contribution in [3.63, 3.8) is 0 Å². The number of para-hydroxylation sites is 1. The van der Waals surface area contributed by atoms with E-state index in [4.69, 9.17) is 5.73 Å². The molecule has 3 N–H and O–H groups in total. The first-order chi connectivity index (χ1) is 14.9. The summed E-state index contributed by atoms with van der Waals surface area (Å²) in [4.78, 5) is 5.01. The predicted octanol–water partition coefficient (Wildman–Crippen LogP) is 5.45. The summed E-state index contributed by atoms with van der Waals surface area (Å²) in [6.45, 7) is 0. The lowest BCUT2D eigenvalue weighted by atomic mass is 10.1. The van der Waals surface area contributed by atoms with Gasteiger partial charge in [0.15, 0.2) is 0 Å². The maximum Gasteiger partial charge on any atom is 0.430 e. The highest BCUT2D eigenvalue weighted by Gasteiger charge is 2.32. The molecule has 5 nitrogen and oxygen atoms in total. The third-order valence-corrected chi connectivity index (χ3v) is 5.79. The average Bonchev–Trinajstić information content (AvgIpc) is 3.17. The van der Waals surface area contributed by atoms with Crippen molar-refractivity contribution < 1.29 is 26.0 Å². The van der Waals surface area contributed by atoms with Crippen LogP contribution in [0.2, 0.25) is 0 Å². The summed E-state index contributed by atoms with van der Waals surface area (Å²) in [5.74, 6) is -0.694. The molecular weight excluding hydrogens is 466 g/mol. The van der Waals surface area contributed by atoms with Crippen LogP contribution in [0, 0.1) is 5.82 Å². The van der Waals surface area contributed by atoms with Gasteiger partial charge in [-0.3, -0.25) is 4.72 Å². The van der Waals surface area contributed by atoms with Crippen LogP contribution in [-0.2, 0) is 10.0 Å². The third kappa shape index (κ3) is 6.17. The molecule has 0 unspecified atom stereocenters. The van der Waals surface area contributed by atoms with Crippen molar-refractivity contribution in [2.45, 2.75) is 6.18 Å². The molecule has 1 heterocycles. The van der Waals surface area contributed by atoms with E-state index < -0.39 is 27.7 Å². The van der Waals surface area contributed by atoms with E-state index in [2.05, 4.69) is 9.71 Å². The Morgan fingerprint density at radius 3 is 2.47 bits per heavy atom. The van der Waals surface area contributed by atoms with Gasteiger partial charge >= 0.3 is 6.18 Å². The number of benzene rings is 2. The van der Waals surface area contributed by atoms with Gasteiger partial charge in [-0.15, -0.1) is 11.3 Å². The summed E-state index contributed by atoms with van der Waals surface area (Å²) in [5.41, 5.74) is 4.48. The fourth-order valence-electron chi connectivity index (χ4n) is 2.64. The first-order valence-corrected chi connectivity index (χ1v) is 11.7.